The van der Waals surface area contributed by atoms with Crippen molar-refractivity contribution in [2.24, 2.45) is 0 Å². The van der Waals surface area contributed by atoms with Crippen molar-refractivity contribution < 1.29 is 45.8 Å². The maximum atomic E-state index is 14.3. The molecule has 5 heterocycles. The molecule has 0 bridgehead atoms. The van der Waals surface area contributed by atoms with E-state index in [1.165, 1.54) is 34.6 Å². The number of hydrogen-bond acceptors (Lipinski definition) is 10. The average Bonchev–Trinajstić information content (AvgIpc) is 3.80. The number of benzene rings is 2. The molecule has 2 aliphatic rings. The number of hydrogen-bond donors (Lipinski definition) is 2. The average molecular weight is 806 g/mol. The number of piperazine rings is 1. The first kappa shape index (κ1) is 38.5. The van der Waals surface area contributed by atoms with E-state index in [2.05, 4.69) is 25.4 Å². The molecular formula is C35H30ClF6N9O5. The summed E-state index contributed by atoms with van der Waals surface area (Å²) in [6, 6.07) is 6.58. The van der Waals surface area contributed by atoms with Gasteiger partial charge in [0.15, 0.2) is 23.4 Å². The summed E-state index contributed by atoms with van der Waals surface area (Å²) < 4.78 is 88.4. The lowest BCUT2D eigenvalue weighted by molar-refractivity contribution is -0.219. The van der Waals surface area contributed by atoms with E-state index < -0.39 is 47.9 Å². The first-order valence-electron chi connectivity index (χ1n) is 17.0. The molecule has 294 valence electrons. The van der Waals surface area contributed by atoms with Gasteiger partial charge in [-0.05, 0) is 48.7 Å². The minimum atomic E-state index is -4.70. The van der Waals surface area contributed by atoms with Gasteiger partial charge in [-0.3, -0.25) is 14.4 Å². The third kappa shape index (κ3) is 7.09. The molecule has 0 radical (unpaired) electrons. The number of alkyl halides is 6. The van der Waals surface area contributed by atoms with Crippen LogP contribution in [0.15, 0.2) is 47.5 Å². The van der Waals surface area contributed by atoms with Crippen LogP contribution in [0.3, 0.4) is 0 Å². The second-order valence-corrected chi connectivity index (χ2v) is 13.4. The van der Waals surface area contributed by atoms with Crippen LogP contribution in [0.5, 0.6) is 5.75 Å². The zero-order valence-electron chi connectivity index (χ0n) is 29.4. The second kappa shape index (κ2) is 14.4. The van der Waals surface area contributed by atoms with Crippen molar-refractivity contribution in [3.8, 4) is 17.1 Å². The normalized spacial score (nSPS) is 16.1. The Morgan fingerprint density at radius 2 is 1.77 bits per heavy atom. The van der Waals surface area contributed by atoms with Gasteiger partial charge in [0, 0.05) is 31.7 Å². The van der Waals surface area contributed by atoms with Crippen LogP contribution in [0, 0.1) is 6.92 Å². The molecular weight excluding hydrogens is 776 g/mol. The lowest BCUT2D eigenvalue weighted by atomic mass is 10.0. The first-order chi connectivity index (χ1) is 26.5. The number of aryl methyl sites for hydroxylation is 1. The van der Waals surface area contributed by atoms with Crippen molar-refractivity contribution in [1.29, 1.82) is 0 Å². The highest BCUT2D eigenvalue weighted by atomic mass is 35.5. The van der Waals surface area contributed by atoms with Gasteiger partial charge < -0.3 is 29.5 Å². The van der Waals surface area contributed by atoms with E-state index in [1.807, 2.05) is 0 Å². The third-order valence-electron chi connectivity index (χ3n) is 9.51. The third-order valence-corrected chi connectivity index (χ3v) is 9.83. The number of amides is 2. The molecule has 2 N–H and O–H groups in total. The number of rotatable bonds is 7. The molecule has 0 aliphatic carbocycles. The Morgan fingerprint density at radius 3 is 2.43 bits per heavy atom. The molecule has 21 heteroatoms. The van der Waals surface area contributed by atoms with Gasteiger partial charge >= 0.3 is 12.4 Å². The first-order valence-corrected chi connectivity index (χ1v) is 17.4. The van der Waals surface area contributed by atoms with Crippen molar-refractivity contribution in [3.05, 3.63) is 91.9 Å². The topological polar surface area (TPSA) is 160 Å². The fraction of sp³-hybridized carbons (Fsp3) is 0.343. The van der Waals surface area contributed by atoms with Crippen LogP contribution in [0.1, 0.15) is 51.6 Å². The Balaban J connectivity index is 1.27. The maximum absolute atomic E-state index is 14.3. The molecule has 1 atom stereocenters. The summed E-state index contributed by atoms with van der Waals surface area (Å²) >= 11 is 6.10. The fourth-order valence-electron chi connectivity index (χ4n) is 6.73. The highest BCUT2D eigenvalue weighted by molar-refractivity contribution is 6.33. The van der Waals surface area contributed by atoms with E-state index in [1.54, 1.807) is 11.8 Å². The van der Waals surface area contributed by atoms with Crippen molar-refractivity contribution in [3.63, 3.8) is 0 Å². The monoisotopic (exact) mass is 805 g/mol. The summed E-state index contributed by atoms with van der Waals surface area (Å²) in [5.41, 5.74) is -1.06. The van der Waals surface area contributed by atoms with Gasteiger partial charge in [0.2, 0.25) is 11.7 Å². The van der Waals surface area contributed by atoms with Crippen LogP contribution in [0.4, 0.5) is 37.7 Å². The molecule has 7 rings (SSSR count). The Kier molecular flexibility index (Phi) is 9.90. The van der Waals surface area contributed by atoms with Gasteiger partial charge in [-0.2, -0.15) is 35.8 Å². The van der Waals surface area contributed by atoms with E-state index in [-0.39, 0.29) is 95.5 Å². The molecule has 56 heavy (non-hydrogen) atoms. The van der Waals surface area contributed by atoms with Gasteiger partial charge in [0.25, 0.3) is 11.5 Å². The van der Waals surface area contributed by atoms with Crippen molar-refractivity contribution in [1.82, 2.24) is 34.0 Å². The minimum absolute atomic E-state index is 0.0923. The number of carbonyl (C=O) groups is 2. The van der Waals surface area contributed by atoms with Crippen LogP contribution in [-0.4, -0.2) is 83.3 Å². The summed E-state index contributed by atoms with van der Waals surface area (Å²) in [6.07, 6.45) is -10.3. The molecule has 1 fully saturated rings. The summed E-state index contributed by atoms with van der Waals surface area (Å²) in [7, 11) is 0. The number of anilines is 2. The van der Waals surface area contributed by atoms with Gasteiger partial charge in [-0.1, -0.05) is 30.7 Å². The highest BCUT2D eigenvalue weighted by Gasteiger charge is 2.46. The van der Waals surface area contributed by atoms with Crippen LogP contribution in [-0.2, 0) is 35.3 Å². The van der Waals surface area contributed by atoms with Gasteiger partial charge in [-0.15, -0.1) is 5.10 Å². The SMILES string of the molecule is CCc1c(N2CCN(C(=O)c3ncnc(C)c3O)CC2)c(=O)n2nc(-c3ccc4c(c3)C(C(F)(F)F)OC4)nc2n1CC(=O)Nc1ccc(C(F)(F)F)cc1Cl. The molecule has 5 aromatic rings. The number of nitrogens with one attached hydrogen (secondary N) is 1. The van der Waals surface area contributed by atoms with Crippen LogP contribution in [0.25, 0.3) is 17.2 Å². The Bertz CT molecular complexity index is 2440. The van der Waals surface area contributed by atoms with Crippen LogP contribution in [0.2, 0.25) is 5.02 Å². The molecule has 1 unspecified atom stereocenters. The van der Waals surface area contributed by atoms with E-state index in [9.17, 15) is 45.8 Å². The van der Waals surface area contributed by atoms with Gasteiger partial charge in [0.05, 0.1) is 34.3 Å². The molecule has 0 spiro atoms. The number of ether oxygens (including phenoxy) is 1. The maximum Gasteiger partial charge on any atom is 0.418 e. The largest absolute Gasteiger partial charge is 0.504 e. The minimum Gasteiger partial charge on any atom is -0.504 e. The summed E-state index contributed by atoms with van der Waals surface area (Å²) in [5.74, 6) is -1.95. The predicted molar refractivity (Wildman–Crippen MR) is 187 cm³/mol. The summed E-state index contributed by atoms with van der Waals surface area (Å²) in [4.78, 5) is 56.6. The van der Waals surface area contributed by atoms with E-state index in [0.29, 0.717) is 17.3 Å². The highest BCUT2D eigenvalue weighted by Crippen LogP contribution is 2.43. The smallest absolute Gasteiger partial charge is 0.418 e. The summed E-state index contributed by atoms with van der Waals surface area (Å²) in [5, 5.41) is 16.9. The van der Waals surface area contributed by atoms with Crippen LogP contribution < -0.4 is 15.8 Å². The van der Waals surface area contributed by atoms with Gasteiger partial charge in [-0.25, -0.2) is 9.97 Å². The van der Waals surface area contributed by atoms with E-state index in [0.717, 1.165) is 23.0 Å². The lowest BCUT2D eigenvalue weighted by Gasteiger charge is -2.36. The molecule has 0 saturated carbocycles. The van der Waals surface area contributed by atoms with Crippen molar-refractivity contribution in [2.75, 3.05) is 36.4 Å². The number of aromatic hydroxyl groups is 1. The number of nitrogens with zero attached hydrogens (tertiary/aromatic N) is 8. The Labute approximate surface area is 317 Å². The molecule has 3 aromatic heterocycles. The lowest BCUT2D eigenvalue weighted by Crippen LogP contribution is -2.51. The van der Waals surface area contributed by atoms with Crippen molar-refractivity contribution >= 4 is 40.6 Å². The zero-order chi connectivity index (χ0) is 40.3. The Hall–Kier alpha value is -5.76. The molecule has 2 aromatic carbocycles. The Morgan fingerprint density at radius 1 is 1.04 bits per heavy atom. The van der Waals surface area contributed by atoms with Crippen molar-refractivity contribution in [2.45, 2.75) is 51.9 Å². The number of fused-ring (bicyclic) bond motifs is 2. The number of halogens is 7. The number of aromatic nitrogens is 6. The molecule has 2 amide bonds. The molecule has 14 nitrogen and oxygen atoms in total. The fourth-order valence-corrected chi connectivity index (χ4v) is 6.96. The van der Waals surface area contributed by atoms with E-state index in [4.69, 9.17) is 16.3 Å². The number of carbonyl (C=O) groups excluding carboxylic acids is 2. The second-order valence-electron chi connectivity index (χ2n) is 13.0. The standard InChI is InChI=1S/C35H30ClF6N9O5/c1-3-24-27(48-8-10-49(11-9-48)31(54)26-28(53)17(2)43-16-44-26)32(55)51-33(50(24)14-25(52)45-23-7-6-20(13-22(23)36)34(37,38)39)46-30(47-51)18-4-5-19-15-56-29(21(19)12-18)35(40,41)42/h4-7,12-13,16,29,53H,3,8-11,14-15H2,1-2H3,(H,45,52). The molecule has 2 aliphatic heterocycles. The molecule has 1 saturated heterocycles. The zero-order valence-corrected chi connectivity index (χ0v) is 30.1. The van der Waals surface area contributed by atoms with Gasteiger partial charge in [0.1, 0.15) is 18.6 Å². The predicted octanol–water partition coefficient (Wildman–Crippen LogP) is 5.33. The van der Waals surface area contributed by atoms with Crippen LogP contribution >= 0.6 is 11.6 Å². The van der Waals surface area contributed by atoms with E-state index >= 15 is 0 Å². The quantitative estimate of drug-likeness (QED) is 0.206. The summed E-state index contributed by atoms with van der Waals surface area (Å²) in [6.45, 7) is 2.84.